The van der Waals surface area contributed by atoms with Crippen LogP contribution >= 0.6 is 11.3 Å². The van der Waals surface area contributed by atoms with E-state index in [1.54, 1.807) is 24.5 Å². The zero-order chi connectivity index (χ0) is 24.9. The molecule has 9 heteroatoms. The van der Waals surface area contributed by atoms with Gasteiger partial charge in [0.05, 0.1) is 23.4 Å². The molecule has 0 aliphatic carbocycles. The first-order valence-corrected chi connectivity index (χ1v) is 12.1. The summed E-state index contributed by atoms with van der Waals surface area (Å²) in [6.45, 7) is 2.15. The van der Waals surface area contributed by atoms with Crippen LogP contribution in [0.4, 0.5) is 17.2 Å². The van der Waals surface area contributed by atoms with Crippen molar-refractivity contribution in [1.82, 2.24) is 20.3 Å². The van der Waals surface area contributed by atoms with Gasteiger partial charge in [0.2, 0.25) is 0 Å². The average Bonchev–Trinajstić information content (AvgIpc) is 3.34. The minimum atomic E-state index is -0.353. The molecular weight excluding hydrogens is 472 g/mol. The molecule has 2 amide bonds. The van der Waals surface area contributed by atoms with Crippen molar-refractivity contribution in [3.05, 3.63) is 107 Å². The van der Waals surface area contributed by atoms with E-state index in [1.165, 1.54) is 17.5 Å². The lowest BCUT2D eigenvalue weighted by atomic mass is 10.1. The summed E-state index contributed by atoms with van der Waals surface area (Å²) in [5.41, 5.74) is 3.12. The number of para-hydroxylation sites is 1. The molecule has 8 nitrogen and oxygen atoms in total. The van der Waals surface area contributed by atoms with E-state index in [2.05, 4.69) is 30.9 Å². The molecular formula is C27H22N6O2S. The molecule has 5 rings (SSSR count). The highest BCUT2D eigenvalue weighted by molar-refractivity contribution is 7.17. The van der Waals surface area contributed by atoms with Gasteiger partial charge in [0.1, 0.15) is 5.82 Å². The highest BCUT2D eigenvalue weighted by Gasteiger charge is 2.17. The third-order valence-corrected chi connectivity index (χ3v) is 6.51. The summed E-state index contributed by atoms with van der Waals surface area (Å²) in [5.74, 6) is 0.292. The standard InChI is InChI=1S/C27H22N6O2S/c1-17-7-2-4-9-21(17)32-25-22(33-27(35)20-16-36-23-10-5-3-8-19(20)23)13-18(14-30-25)26(34)31-15-24-28-11-6-12-29-24/h2-14,16H,15H2,1H3,(H,30,32)(H,31,34)(H,33,35). The summed E-state index contributed by atoms with van der Waals surface area (Å²) in [6.07, 6.45) is 4.70. The fourth-order valence-corrected chi connectivity index (χ4v) is 4.59. The lowest BCUT2D eigenvalue weighted by Gasteiger charge is -2.15. The maximum Gasteiger partial charge on any atom is 0.257 e. The largest absolute Gasteiger partial charge is 0.345 e. The van der Waals surface area contributed by atoms with E-state index in [4.69, 9.17) is 0 Å². The Morgan fingerprint density at radius 1 is 0.889 bits per heavy atom. The molecule has 2 aromatic carbocycles. The SMILES string of the molecule is Cc1ccccc1Nc1ncc(C(=O)NCc2ncccn2)cc1NC(=O)c1csc2ccccc12. The molecule has 3 heterocycles. The minimum absolute atomic E-state index is 0.172. The fourth-order valence-electron chi connectivity index (χ4n) is 3.65. The first kappa shape index (κ1) is 23.1. The molecule has 0 spiro atoms. The Balaban J connectivity index is 1.44. The maximum atomic E-state index is 13.3. The Bertz CT molecular complexity index is 1550. The zero-order valence-corrected chi connectivity index (χ0v) is 20.2. The van der Waals surface area contributed by atoms with Crippen molar-refractivity contribution in [2.45, 2.75) is 13.5 Å². The Morgan fingerprint density at radius 3 is 2.50 bits per heavy atom. The van der Waals surface area contributed by atoms with E-state index < -0.39 is 0 Å². The molecule has 3 N–H and O–H groups in total. The third-order valence-electron chi connectivity index (χ3n) is 5.55. The first-order valence-electron chi connectivity index (χ1n) is 11.2. The van der Waals surface area contributed by atoms with Gasteiger partial charge in [-0.25, -0.2) is 15.0 Å². The number of carbonyl (C=O) groups excluding carboxylic acids is 2. The van der Waals surface area contributed by atoms with Crippen molar-refractivity contribution < 1.29 is 9.59 Å². The van der Waals surface area contributed by atoms with Crippen LogP contribution in [0.25, 0.3) is 10.1 Å². The van der Waals surface area contributed by atoms with Gasteiger partial charge in [-0.3, -0.25) is 9.59 Å². The number of benzene rings is 2. The number of hydrogen-bond acceptors (Lipinski definition) is 7. The van der Waals surface area contributed by atoms with E-state index in [1.807, 2.05) is 60.8 Å². The second kappa shape index (κ2) is 10.3. The van der Waals surface area contributed by atoms with E-state index >= 15 is 0 Å². The van der Waals surface area contributed by atoms with Crippen LogP contribution in [-0.4, -0.2) is 26.8 Å². The number of aryl methyl sites for hydroxylation is 1. The normalized spacial score (nSPS) is 10.7. The summed E-state index contributed by atoms with van der Waals surface area (Å²) in [4.78, 5) is 38.8. The lowest BCUT2D eigenvalue weighted by molar-refractivity contribution is 0.0948. The van der Waals surface area contributed by atoms with Crippen molar-refractivity contribution in [2.24, 2.45) is 0 Å². The molecule has 0 aliphatic rings. The van der Waals surface area contributed by atoms with E-state index in [9.17, 15) is 9.59 Å². The summed E-state index contributed by atoms with van der Waals surface area (Å²) >= 11 is 1.51. The smallest absolute Gasteiger partial charge is 0.257 e. The topological polar surface area (TPSA) is 109 Å². The molecule has 0 bridgehead atoms. The number of hydrogen-bond donors (Lipinski definition) is 3. The maximum absolute atomic E-state index is 13.3. The van der Waals surface area contributed by atoms with Gasteiger partial charge in [-0.05, 0) is 36.8 Å². The number of nitrogens with zero attached hydrogens (tertiary/aromatic N) is 3. The van der Waals surface area contributed by atoms with E-state index in [0.29, 0.717) is 28.5 Å². The monoisotopic (exact) mass is 494 g/mol. The van der Waals surface area contributed by atoms with Gasteiger partial charge in [-0.1, -0.05) is 36.4 Å². The molecule has 0 saturated carbocycles. The summed E-state index contributed by atoms with van der Waals surface area (Å²) in [7, 11) is 0. The van der Waals surface area contributed by atoms with Gasteiger partial charge in [-0.15, -0.1) is 11.3 Å². The van der Waals surface area contributed by atoms with Crippen molar-refractivity contribution in [3.63, 3.8) is 0 Å². The number of anilines is 3. The summed E-state index contributed by atoms with van der Waals surface area (Å²) in [5, 5.41) is 11.7. The van der Waals surface area contributed by atoms with Crippen molar-refractivity contribution >= 4 is 50.4 Å². The predicted octanol–water partition coefficient (Wildman–Crippen LogP) is 5.32. The van der Waals surface area contributed by atoms with Gasteiger partial charge >= 0.3 is 0 Å². The molecule has 0 aliphatic heterocycles. The Hall–Kier alpha value is -4.63. The second-order valence-electron chi connectivity index (χ2n) is 8.01. The van der Waals surface area contributed by atoms with Crippen LogP contribution in [-0.2, 0) is 6.54 Å². The summed E-state index contributed by atoms with van der Waals surface area (Å²) in [6, 6.07) is 18.8. The molecule has 36 heavy (non-hydrogen) atoms. The highest BCUT2D eigenvalue weighted by Crippen LogP contribution is 2.29. The Morgan fingerprint density at radius 2 is 1.67 bits per heavy atom. The Kier molecular flexibility index (Phi) is 6.63. The van der Waals surface area contributed by atoms with Crippen LogP contribution in [0.1, 0.15) is 32.1 Å². The predicted molar refractivity (Wildman–Crippen MR) is 142 cm³/mol. The highest BCUT2D eigenvalue weighted by atomic mass is 32.1. The number of fused-ring (bicyclic) bond motifs is 1. The number of aromatic nitrogens is 3. The van der Waals surface area contributed by atoms with Gasteiger partial charge < -0.3 is 16.0 Å². The molecule has 5 aromatic rings. The van der Waals surface area contributed by atoms with Crippen LogP contribution in [0.3, 0.4) is 0 Å². The molecule has 0 fully saturated rings. The van der Waals surface area contributed by atoms with Crippen molar-refractivity contribution in [2.75, 3.05) is 10.6 Å². The van der Waals surface area contributed by atoms with Crippen LogP contribution in [0, 0.1) is 6.92 Å². The van der Waals surface area contributed by atoms with Gasteiger partial charge in [0.15, 0.2) is 5.82 Å². The van der Waals surface area contributed by atoms with E-state index in [-0.39, 0.29) is 18.4 Å². The molecule has 3 aromatic heterocycles. The van der Waals surface area contributed by atoms with Gasteiger partial charge in [0, 0.05) is 39.7 Å². The number of pyridine rings is 1. The first-order chi connectivity index (χ1) is 17.6. The van der Waals surface area contributed by atoms with Gasteiger partial charge in [-0.2, -0.15) is 0 Å². The van der Waals surface area contributed by atoms with Crippen molar-refractivity contribution in [3.8, 4) is 0 Å². The third kappa shape index (κ3) is 5.06. The van der Waals surface area contributed by atoms with Crippen LogP contribution in [0.2, 0.25) is 0 Å². The molecule has 0 atom stereocenters. The number of amides is 2. The van der Waals surface area contributed by atoms with Crippen LogP contribution in [0.15, 0.2) is 84.6 Å². The number of nitrogens with one attached hydrogen (secondary N) is 3. The van der Waals surface area contributed by atoms with Crippen LogP contribution in [0.5, 0.6) is 0 Å². The average molecular weight is 495 g/mol. The minimum Gasteiger partial charge on any atom is -0.345 e. The quantitative estimate of drug-likeness (QED) is 0.283. The zero-order valence-electron chi connectivity index (χ0n) is 19.4. The molecule has 0 saturated heterocycles. The second-order valence-corrected chi connectivity index (χ2v) is 8.92. The Labute approximate surface area is 211 Å². The van der Waals surface area contributed by atoms with Gasteiger partial charge in [0.25, 0.3) is 11.8 Å². The van der Waals surface area contributed by atoms with Crippen molar-refractivity contribution in [1.29, 1.82) is 0 Å². The fraction of sp³-hybridized carbons (Fsp3) is 0.0741. The number of thiophene rings is 1. The molecule has 0 radical (unpaired) electrons. The molecule has 178 valence electrons. The van der Waals surface area contributed by atoms with Crippen LogP contribution < -0.4 is 16.0 Å². The molecule has 0 unspecified atom stereocenters. The van der Waals surface area contributed by atoms with E-state index in [0.717, 1.165) is 21.3 Å². The lowest BCUT2D eigenvalue weighted by Crippen LogP contribution is -2.24. The summed E-state index contributed by atoms with van der Waals surface area (Å²) < 4.78 is 1.02. The number of rotatable bonds is 7. The number of carbonyl (C=O) groups is 2.